The molecule has 3 rings (SSSR count). The van der Waals surface area contributed by atoms with Crippen molar-refractivity contribution in [2.45, 2.75) is 20.1 Å². The van der Waals surface area contributed by atoms with E-state index in [0.29, 0.717) is 23.6 Å². The second kappa shape index (κ2) is 7.40. The van der Waals surface area contributed by atoms with E-state index in [1.807, 2.05) is 66.1 Å². The molecule has 2 aromatic carbocycles. The first-order valence-electron chi connectivity index (χ1n) is 8.01. The summed E-state index contributed by atoms with van der Waals surface area (Å²) in [6, 6.07) is 17.7. The number of aromatic nitrogens is 2. The van der Waals surface area contributed by atoms with Crippen LogP contribution in [-0.2, 0) is 13.2 Å². The maximum Gasteiger partial charge on any atom is 0.213 e. The van der Waals surface area contributed by atoms with Crippen molar-refractivity contribution in [1.82, 2.24) is 9.13 Å². The number of imidazole rings is 1. The fourth-order valence-electron chi connectivity index (χ4n) is 2.68. The predicted molar refractivity (Wildman–Crippen MR) is 102 cm³/mol. The Labute approximate surface area is 152 Å². The lowest BCUT2D eigenvalue weighted by Crippen LogP contribution is -2.00. The summed E-state index contributed by atoms with van der Waals surface area (Å²) in [5.74, 6) is 0.945. The molecule has 0 saturated heterocycles. The zero-order valence-electron chi connectivity index (χ0n) is 14.1. The molecular weight excluding hydrogens is 332 g/mol. The largest absolute Gasteiger partial charge is 0.493 e. The van der Waals surface area contributed by atoms with E-state index >= 15 is 0 Å². The van der Waals surface area contributed by atoms with Crippen LogP contribution in [0.15, 0.2) is 67.3 Å². The van der Waals surface area contributed by atoms with Gasteiger partial charge in [0, 0.05) is 12.2 Å². The molecule has 25 heavy (non-hydrogen) atoms. The van der Waals surface area contributed by atoms with Crippen molar-refractivity contribution in [3.05, 3.63) is 83.3 Å². The predicted octanol–water partition coefficient (Wildman–Crippen LogP) is 4.79. The quantitative estimate of drug-likeness (QED) is 0.512. The fourth-order valence-corrected chi connectivity index (χ4v) is 3.08. The van der Waals surface area contributed by atoms with Gasteiger partial charge in [-0.1, -0.05) is 36.4 Å². The van der Waals surface area contributed by atoms with E-state index < -0.39 is 0 Å². The van der Waals surface area contributed by atoms with Crippen LogP contribution in [-0.4, -0.2) is 14.2 Å². The van der Waals surface area contributed by atoms with Crippen molar-refractivity contribution in [3.8, 4) is 17.3 Å². The molecular formula is C20H20N2O2S. The average Bonchev–Trinajstić information content (AvgIpc) is 2.85. The molecule has 1 aromatic heterocycles. The Morgan fingerprint density at radius 1 is 1.12 bits per heavy atom. The minimum Gasteiger partial charge on any atom is -0.493 e. The second-order valence-corrected chi connectivity index (χ2v) is 6.06. The van der Waals surface area contributed by atoms with Crippen molar-refractivity contribution in [2.75, 3.05) is 0 Å². The highest BCUT2D eigenvalue weighted by Crippen LogP contribution is 2.25. The van der Waals surface area contributed by atoms with E-state index in [0.717, 1.165) is 17.0 Å². The number of rotatable bonds is 6. The van der Waals surface area contributed by atoms with Gasteiger partial charge in [0.2, 0.25) is 5.88 Å². The molecule has 4 nitrogen and oxygen atoms in total. The van der Waals surface area contributed by atoms with Crippen LogP contribution in [0.3, 0.4) is 0 Å². The van der Waals surface area contributed by atoms with E-state index in [1.165, 1.54) is 0 Å². The number of nitrogens with zero attached hydrogens (tertiary/aromatic N) is 2. The monoisotopic (exact) mass is 352 g/mol. The van der Waals surface area contributed by atoms with Gasteiger partial charge in [-0.05, 0) is 49.0 Å². The maximum atomic E-state index is 10.3. The van der Waals surface area contributed by atoms with Crippen molar-refractivity contribution in [3.63, 3.8) is 0 Å². The molecule has 0 aliphatic heterocycles. The first-order chi connectivity index (χ1) is 12.1. The van der Waals surface area contributed by atoms with Crippen molar-refractivity contribution < 1.29 is 9.84 Å². The Morgan fingerprint density at radius 2 is 1.80 bits per heavy atom. The van der Waals surface area contributed by atoms with E-state index in [9.17, 15) is 5.11 Å². The van der Waals surface area contributed by atoms with Gasteiger partial charge in [0.1, 0.15) is 12.4 Å². The van der Waals surface area contributed by atoms with Crippen LogP contribution in [0, 0.1) is 11.7 Å². The highest BCUT2D eigenvalue weighted by Gasteiger charge is 2.14. The Bertz CT molecular complexity index is 925. The Morgan fingerprint density at radius 3 is 2.44 bits per heavy atom. The summed E-state index contributed by atoms with van der Waals surface area (Å²) >= 11 is 5.48. The molecule has 0 fully saturated rings. The summed E-state index contributed by atoms with van der Waals surface area (Å²) in [5.41, 5.74) is 2.70. The zero-order valence-corrected chi connectivity index (χ0v) is 14.9. The molecule has 0 radical (unpaired) electrons. The SMILES string of the molecule is C=CCn1c(O)c(C)n(-c2ccc(OCc3ccccc3)cc2)c1=S. The summed E-state index contributed by atoms with van der Waals surface area (Å²) in [6.07, 6.45) is 1.71. The fraction of sp³-hybridized carbons (Fsp3) is 0.150. The van der Waals surface area contributed by atoms with E-state index in [1.54, 1.807) is 10.6 Å². The Hall–Kier alpha value is -2.79. The third kappa shape index (κ3) is 3.51. The number of allylic oxidation sites excluding steroid dienone is 1. The number of aromatic hydroxyl groups is 1. The average molecular weight is 352 g/mol. The van der Waals surface area contributed by atoms with Gasteiger partial charge in [-0.2, -0.15) is 0 Å². The minimum absolute atomic E-state index is 0.161. The molecule has 0 saturated carbocycles. The first-order valence-corrected chi connectivity index (χ1v) is 8.42. The number of ether oxygens (including phenoxy) is 1. The molecule has 0 aliphatic rings. The van der Waals surface area contributed by atoms with E-state index in [2.05, 4.69) is 6.58 Å². The maximum absolute atomic E-state index is 10.3. The van der Waals surface area contributed by atoms with Gasteiger partial charge in [0.15, 0.2) is 4.77 Å². The standard InChI is InChI=1S/C20H20N2O2S/c1-3-13-21-19(23)15(2)22(20(21)25)17-9-11-18(12-10-17)24-14-16-7-5-4-6-8-16/h3-12,23H,1,13-14H2,2H3. The van der Waals surface area contributed by atoms with Crippen molar-refractivity contribution in [1.29, 1.82) is 0 Å². The molecule has 0 aliphatic carbocycles. The molecule has 3 aromatic rings. The van der Waals surface area contributed by atoms with Crippen LogP contribution in [0.4, 0.5) is 0 Å². The third-order valence-electron chi connectivity index (χ3n) is 3.99. The van der Waals surface area contributed by atoms with Crippen LogP contribution in [0.25, 0.3) is 5.69 Å². The summed E-state index contributed by atoms with van der Waals surface area (Å²) in [4.78, 5) is 0. The van der Waals surface area contributed by atoms with Crippen LogP contribution < -0.4 is 4.74 Å². The van der Waals surface area contributed by atoms with E-state index in [4.69, 9.17) is 17.0 Å². The highest BCUT2D eigenvalue weighted by molar-refractivity contribution is 7.71. The summed E-state index contributed by atoms with van der Waals surface area (Å²) in [6.45, 7) is 6.53. The first kappa shape index (κ1) is 17.0. The summed E-state index contributed by atoms with van der Waals surface area (Å²) in [7, 11) is 0. The smallest absolute Gasteiger partial charge is 0.213 e. The molecule has 5 heteroatoms. The molecule has 0 spiro atoms. The lowest BCUT2D eigenvalue weighted by Gasteiger charge is -2.09. The molecule has 0 bridgehead atoms. The van der Waals surface area contributed by atoms with Crippen molar-refractivity contribution >= 4 is 12.2 Å². The number of benzene rings is 2. The van der Waals surface area contributed by atoms with Gasteiger partial charge >= 0.3 is 0 Å². The number of hydrogen-bond acceptors (Lipinski definition) is 3. The Balaban J connectivity index is 1.82. The van der Waals surface area contributed by atoms with Crippen molar-refractivity contribution in [2.24, 2.45) is 0 Å². The normalized spacial score (nSPS) is 10.6. The summed E-state index contributed by atoms with van der Waals surface area (Å²) < 4.78 is 9.84. The third-order valence-corrected chi connectivity index (χ3v) is 4.39. The van der Waals surface area contributed by atoms with E-state index in [-0.39, 0.29) is 5.88 Å². The Kier molecular flexibility index (Phi) is 5.05. The molecule has 1 N–H and O–H groups in total. The number of hydrogen-bond donors (Lipinski definition) is 1. The molecule has 0 unspecified atom stereocenters. The molecule has 0 amide bonds. The van der Waals surface area contributed by atoms with Gasteiger partial charge in [-0.15, -0.1) is 6.58 Å². The lowest BCUT2D eigenvalue weighted by molar-refractivity contribution is 0.306. The topological polar surface area (TPSA) is 39.3 Å². The highest BCUT2D eigenvalue weighted by atomic mass is 32.1. The van der Waals surface area contributed by atoms with Crippen LogP contribution in [0.1, 0.15) is 11.3 Å². The lowest BCUT2D eigenvalue weighted by atomic mass is 10.2. The zero-order chi connectivity index (χ0) is 17.8. The second-order valence-electron chi connectivity index (χ2n) is 5.69. The van der Waals surface area contributed by atoms with Crippen LogP contribution in [0.2, 0.25) is 0 Å². The minimum atomic E-state index is 0.161. The van der Waals surface area contributed by atoms with Crippen LogP contribution in [0.5, 0.6) is 11.6 Å². The summed E-state index contributed by atoms with van der Waals surface area (Å²) in [5, 5.41) is 10.3. The molecule has 1 heterocycles. The van der Waals surface area contributed by atoms with Gasteiger partial charge in [0.25, 0.3) is 0 Å². The van der Waals surface area contributed by atoms with Gasteiger partial charge in [0.05, 0.1) is 5.69 Å². The molecule has 128 valence electrons. The van der Waals surface area contributed by atoms with Gasteiger partial charge in [-0.25, -0.2) is 0 Å². The van der Waals surface area contributed by atoms with Gasteiger partial charge in [-0.3, -0.25) is 9.13 Å². The molecule has 0 atom stereocenters. The van der Waals surface area contributed by atoms with Gasteiger partial charge < -0.3 is 9.84 Å². The van der Waals surface area contributed by atoms with Crippen LogP contribution >= 0.6 is 12.2 Å².